The highest BCUT2D eigenvalue weighted by Gasteiger charge is 2.33. The largest absolute Gasteiger partial charge is 0.445 e. The van der Waals surface area contributed by atoms with Gasteiger partial charge in [0.1, 0.15) is 6.61 Å². The molecule has 0 bridgehead atoms. The van der Waals surface area contributed by atoms with E-state index in [1.807, 2.05) is 6.92 Å². The summed E-state index contributed by atoms with van der Waals surface area (Å²) in [7, 11) is 0. The van der Waals surface area contributed by atoms with E-state index in [-0.39, 0.29) is 24.7 Å². The molecule has 1 aliphatic rings. The predicted molar refractivity (Wildman–Crippen MR) is 51.4 cm³/mol. The van der Waals surface area contributed by atoms with E-state index in [0.29, 0.717) is 6.54 Å². The minimum Gasteiger partial charge on any atom is -0.445 e. The van der Waals surface area contributed by atoms with Gasteiger partial charge in [-0.3, -0.25) is 0 Å². The first-order valence-electron chi connectivity index (χ1n) is 4.63. The van der Waals surface area contributed by atoms with Crippen molar-refractivity contribution in [2.75, 3.05) is 13.2 Å². The molecule has 1 heterocycles. The summed E-state index contributed by atoms with van der Waals surface area (Å²) in [6.07, 6.45) is 1.91. The SMILES string of the molecule is C=CCOC(=O)N1CC(C#N)CC1C. The van der Waals surface area contributed by atoms with Crippen molar-refractivity contribution in [1.29, 1.82) is 5.26 Å². The summed E-state index contributed by atoms with van der Waals surface area (Å²) in [5, 5.41) is 8.71. The standard InChI is InChI=1S/C10H14N2O2/c1-3-4-14-10(13)12-7-9(6-11)5-8(12)2/h3,8-9H,1,4-5,7H2,2H3. The van der Waals surface area contributed by atoms with Crippen molar-refractivity contribution in [3.63, 3.8) is 0 Å². The van der Waals surface area contributed by atoms with Crippen LogP contribution in [-0.4, -0.2) is 30.2 Å². The van der Waals surface area contributed by atoms with Gasteiger partial charge in [-0.1, -0.05) is 12.7 Å². The summed E-state index contributed by atoms with van der Waals surface area (Å²) in [6.45, 7) is 6.09. The Morgan fingerprint density at radius 1 is 1.86 bits per heavy atom. The number of nitrogens with zero attached hydrogens (tertiary/aromatic N) is 2. The Morgan fingerprint density at radius 2 is 2.57 bits per heavy atom. The molecule has 0 N–H and O–H groups in total. The quantitative estimate of drug-likeness (QED) is 0.626. The number of carbonyl (C=O) groups is 1. The number of hydrogen-bond donors (Lipinski definition) is 0. The van der Waals surface area contributed by atoms with Gasteiger partial charge < -0.3 is 9.64 Å². The molecule has 0 saturated carbocycles. The Balaban J connectivity index is 2.49. The van der Waals surface area contributed by atoms with E-state index in [1.165, 1.54) is 6.08 Å². The van der Waals surface area contributed by atoms with Gasteiger partial charge in [0.25, 0.3) is 0 Å². The van der Waals surface area contributed by atoms with Crippen molar-refractivity contribution >= 4 is 6.09 Å². The minimum atomic E-state index is -0.352. The van der Waals surface area contributed by atoms with E-state index >= 15 is 0 Å². The van der Waals surface area contributed by atoms with Crippen LogP contribution in [0.15, 0.2) is 12.7 Å². The fourth-order valence-corrected chi connectivity index (χ4v) is 1.59. The van der Waals surface area contributed by atoms with Gasteiger partial charge in [-0.2, -0.15) is 5.26 Å². The molecule has 0 aromatic carbocycles. The van der Waals surface area contributed by atoms with Gasteiger partial charge in [-0.15, -0.1) is 0 Å². The number of carbonyl (C=O) groups excluding carboxylic acids is 1. The molecule has 1 rings (SSSR count). The number of rotatable bonds is 2. The summed E-state index contributed by atoms with van der Waals surface area (Å²) in [5.74, 6) is -0.0544. The lowest BCUT2D eigenvalue weighted by Crippen LogP contribution is -2.34. The molecule has 1 aliphatic heterocycles. The van der Waals surface area contributed by atoms with Crippen molar-refractivity contribution in [2.45, 2.75) is 19.4 Å². The predicted octanol–water partition coefficient (Wildman–Crippen LogP) is 1.54. The number of amides is 1. The highest BCUT2D eigenvalue weighted by molar-refractivity contribution is 5.68. The zero-order chi connectivity index (χ0) is 10.6. The van der Waals surface area contributed by atoms with E-state index in [2.05, 4.69) is 12.6 Å². The molecule has 4 heteroatoms. The fraction of sp³-hybridized carbons (Fsp3) is 0.600. The van der Waals surface area contributed by atoms with Gasteiger partial charge in [0.05, 0.1) is 12.0 Å². The fourth-order valence-electron chi connectivity index (χ4n) is 1.59. The number of ether oxygens (including phenoxy) is 1. The van der Waals surface area contributed by atoms with Crippen LogP contribution < -0.4 is 0 Å². The lowest BCUT2D eigenvalue weighted by atomic mass is 10.1. The number of nitriles is 1. The van der Waals surface area contributed by atoms with E-state index in [0.717, 1.165) is 6.42 Å². The topological polar surface area (TPSA) is 53.3 Å². The minimum absolute atomic E-state index is 0.0544. The maximum absolute atomic E-state index is 11.4. The zero-order valence-electron chi connectivity index (χ0n) is 8.27. The Hall–Kier alpha value is -1.50. The maximum atomic E-state index is 11.4. The van der Waals surface area contributed by atoms with Crippen LogP contribution in [0.25, 0.3) is 0 Å². The van der Waals surface area contributed by atoms with Crippen LogP contribution in [0.5, 0.6) is 0 Å². The van der Waals surface area contributed by atoms with Gasteiger partial charge in [0.2, 0.25) is 0 Å². The highest BCUT2D eigenvalue weighted by atomic mass is 16.6. The van der Waals surface area contributed by atoms with E-state index in [1.54, 1.807) is 4.90 Å². The number of likely N-dealkylation sites (tertiary alicyclic amines) is 1. The molecule has 1 saturated heterocycles. The first-order chi connectivity index (χ1) is 6.69. The summed E-state index contributed by atoms with van der Waals surface area (Å²) in [4.78, 5) is 13.0. The molecule has 4 nitrogen and oxygen atoms in total. The number of hydrogen-bond acceptors (Lipinski definition) is 3. The third-order valence-electron chi connectivity index (χ3n) is 2.32. The Morgan fingerprint density at radius 3 is 3.07 bits per heavy atom. The van der Waals surface area contributed by atoms with Gasteiger partial charge in [0, 0.05) is 12.6 Å². The average molecular weight is 194 g/mol. The second-order valence-corrected chi connectivity index (χ2v) is 3.43. The van der Waals surface area contributed by atoms with Crippen LogP contribution in [0.3, 0.4) is 0 Å². The summed E-state index contributed by atoms with van der Waals surface area (Å²) < 4.78 is 4.90. The molecule has 1 fully saturated rings. The lowest BCUT2D eigenvalue weighted by Gasteiger charge is -2.19. The molecule has 14 heavy (non-hydrogen) atoms. The van der Waals surface area contributed by atoms with Crippen molar-refractivity contribution in [3.8, 4) is 6.07 Å². The van der Waals surface area contributed by atoms with Crippen molar-refractivity contribution < 1.29 is 9.53 Å². The Kier molecular flexibility index (Phi) is 3.52. The highest BCUT2D eigenvalue weighted by Crippen LogP contribution is 2.22. The van der Waals surface area contributed by atoms with Gasteiger partial charge in [-0.25, -0.2) is 4.79 Å². The van der Waals surface area contributed by atoms with Gasteiger partial charge in [-0.05, 0) is 13.3 Å². The third-order valence-corrected chi connectivity index (χ3v) is 2.32. The molecule has 0 aliphatic carbocycles. The van der Waals surface area contributed by atoms with E-state index in [9.17, 15) is 4.79 Å². The van der Waals surface area contributed by atoms with Crippen molar-refractivity contribution in [3.05, 3.63) is 12.7 Å². The van der Waals surface area contributed by atoms with Gasteiger partial charge in [0.15, 0.2) is 0 Å². The molecule has 0 aromatic rings. The molecule has 1 amide bonds. The average Bonchev–Trinajstić information content (AvgIpc) is 2.56. The first-order valence-corrected chi connectivity index (χ1v) is 4.63. The second-order valence-electron chi connectivity index (χ2n) is 3.43. The van der Waals surface area contributed by atoms with Gasteiger partial charge >= 0.3 is 6.09 Å². The Bertz CT molecular complexity index is 270. The first kappa shape index (κ1) is 10.6. The monoisotopic (exact) mass is 194 g/mol. The maximum Gasteiger partial charge on any atom is 0.410 e. The molecule has 0 aromatic heterocycles. The second kappa shape index (κ2) is 4.66. The van der Waals surface area contributed by atoms with Crippen molar-refractivity contribution in [1.82, 2.24) is 4.90 Å². The molecule has 2 atom stereocenters. The summed E-state index contributed by atoms with van der Waals surface area (Å²) in [6, 6.07) is 2.26. The van der Waals surface area contributed by atoms with Crippen LogP contribution in [0.4, 0.5) is 4.79 Å². The van der Waals surface area contributed by atoms with Crippen LogP contribution in [0, 0.1) is 17.2 Å². The summed E-state index contributed by atoms with van der Waals surface area (Å²) in [5.41, 5.74) is 0. The molecule has 2 unspecified atom stereocenters. The van der Waals surface area contributed by atoms with Crippen LogP contribution in [-0.2, 0) is 4.74 Å². The molecule has 0 spiro atoms. The van der Waals surface area contributed by atoms with Crippen LogP contribution in [0.2, 0.25) is 0 Å². The molecular weight excluding hydrogens is 180 g/mol. The Labute approximate surface area is 83.8 Å². The zero-order valence-corrected chi connectivity index (χ0v) is 8.27. The smallest absolute Gasteiger partial charge is 0.410 e. The summed E-state index contributed by atoms with van der Waals surface area (Å²) >= 11 is 0. The van der Waals surface area contributed by atoms with Crippen LogP contribution >= 0.6 is 0 Å². The normalized spacial score (nSPS) is 25.6. The molecular formula is C10H14N2O2. The van der Waals surface area contributed by atoms with E-state index in [4.69, 9.17) is 10.00 Å². The third kappa shape index (κ3) is 2.25. The van der Waals surface area contributed by atoms with Crippen molar-refractivity contribution in [2.24, 2.45) is 5.92 Å². The van der Waals surface area contributed by atoms with Crippen LogP contribution in [0.1, 0.15) is 13.3 Å². The lowest BCUT2D eigenvalue weighted by molar-refractivity contribution is 0.110. The van der Waals surface area contributed by atoms with E-state index < -0.39 is 0 Å². The molecule has 76 valence electrons. The molecule has 0 radical (unpaired) electrons.